The molecule has 0 saturated heterocycles. The van der Waals surface area contributed by atoms with Gasteiger partial charge in [0.15, 0.2) is 11.6 Å². The normalized spacial score (nSPS) is 10.3. The molecule has 0 N–H and O–H groups in total. The fourth-order valence-corrected chi connectivity index (χ4v) is 1.64. The average Bonchev–Trinajstić information content (AvgIpc) is 2.23. The third-order valence-electron chi connectivity index (χ3n) is 2.17. The van der Waals surface area contributed by atoms with Gasteiger partial charge in [0.05, 0.1) is 6.61 Å². The van der Waals surface area contributed by atoms with Crippen LogP contribution in [-0.2, 0) is 6.42 Å². The Hall–Kier alpha value is -0.700. The first-order valence-electron chi connectivity index (χ1n) is 5.30. The summed E-state index contributed by atoms with van der Waals surface area (Å²) in [6, 6.07) is 5.19. The highest BCUT2D eigenvalue weighted by atomic mass is 32.1. The highest BCUT2D eigenvalue weighted by Gasteiger charge is 2.03. The number of aryl methyl sites for hydroxylation is 1. The molecule has 0 heterocycles. The number of unbranched alkanes of at least 4 members (excludes halogenated alkanes) is 1. The molecule has 0 unspecified atom stereocenters. The Morgan fingerprint density at radius 3 is 2.73 bits per heavy atom. The molecule has 0 atom stereocenters. The fourth-order valence-electron chi connectivity index (χ4n) is 1.41. The van der Waals surface area contributed by atoms with E-state index in [4.69, 9.17) is 4.74 Å². The summed E-state index contributed by atoms with van der Waals surface area (Å²) in [6.45, 7) is 2.34. The maximum Gasteiger partial charge on any atom is 0.165 e. The lowest BCUT2D eigenvalue weighted by molar-refractivity contribution is 0.321. The Kier molecular flexibility index (Phi) is 5.54. The third kappa shape index (κ3) is 4.12. The number of thiol groups is 1. The van der Waals surface area contributed by atoms with Crippen LogP contribution < -0.4 is 4.74 Å². The Morgan fingerprint density at radius 2 is 2.13 bits per heavy atom. The van der Waals surface area contributed by atoms with Gasteiger partial charge in [-0.15, -0.1) is 0 Å². The number of hydrogen-bond acceptors (Lipinski definition) is 2. The second-order valence-electron chi connectivity index (χ2n) is 3.38. The van der Waals surface area contributed by atoms with Crippen molar-refractivity contribution in [3.05, 3.63) is 29.6 Å². The molecule has 0 aliphatic heterocycles. The van der Waals surface area contributed by atoms with Crippen molar-refractivity contribution in [2.24, 2.45) is 0 Å². The largest absolute Gasteiger partial charge is 0.491 e. The van der Waals surface area contributed by atoms with Crippen molar-refractivity contribution < 1.29 is 9.13 Å². The van der Waals surface area contributed by atoms with Crippen molar-refractivity contribution in [2.75, 3.05) is 12.4 Å². The average molecular weight is 228 g/mol. The van der Waals surface area contributed by atoms with Crippen LogP contribution >= 0.6 is 12.6 Å². The van der Waals surface area contributed by atoms with Crippen LogP contribution in [0.3, 0.4) is 0 Å². The third-order valence-corrected chi connectivity index (χ3v) is 2.49. The summed E-state index contributed by atoms with van der Waals surface area (Å²) in [5.74, 6) is 0.968. The molecular weight excluding hydrogens is 211 g/mol. The molecule has 0 saturated carbocycles. The first-order chi connectivity index (χ1) is 7.27. The van der Waals surface area contributed by atoms with Gasteiger partial charge in [-0.05, 0) is 49.6 Å². The number of rotatable bonds is 6. The maximum absolute atomic E-state index is 13.4. The van der Waals surface area contributed by atoms with E-state index in [0.717, 1.165) is 30.6 Å². The molecule has 3 heteroatoms. The van der Waals surface area contributed by atoms with Gasteiger partial charge in [0.25, 0.3) is 0 Å². The molecule has 0 aliphatic rings. The minimum atomic E-state index is -0.264. The van der Waals surface area contributed by atoms with Crippen LogP contribution in [0.25, 0.3) is 0 Å². The van der Waals surface area contributed by atoms with Crippen LogP contribution in [-0.4, -0.2) is 12.4 Å². The highest BCUT2D eigenvalue weighted by molar-refractivity contribution is 7.80. The SMILES string of the molecule is CCOc1ccc(CCCCS)cc1F. The number of benzene rings is 1. The molecule has 1 aromatic carbocycles. The second-order valence-corrected chi connectivity index (χ2v) is 3.83. The van der Waals surface area contributed by atoms with Crippen molar-refractivity contribution in [3.63, 3.8) is 0 Å². The zero-order valence-corrected chi connectivity index (χ0v) is 9.90. The summed E-state index contributed by atoms with van der Waals surface area (Å²) in [4.78, 5) is 0. The van der Waals surface area contributed by atoms with E-state index in [1.54, 1.807) is 12.1 Å². The molecule has 0 bridgehead atoms. The summed E-state index contributed by atoms with van der Waals surface area (Å²) in [7, 11) is 0. The lowest BCUT2D eigenvalue weighted by Crippen LogP contribution is -1.96. The van der Waals surface area contributed by atoms with Gasteiger partial charge in [0.1, 0.15) is 0 Å². The van der Waals surface area contributed by atoms with E-state index in [0.29, 0.717) is 12.4 Å². The standard InChI is InChI=1S/C12H17FOS/c1-2-14-12-7-6-10(9-11(12)13)5-3-4-8-15/h6-7,9,15H,2-5,8H2,1H3. The molecule has 1 aromatic rings. The smallest absolute Gasteiger partial charge is 0.165 e. The second kappa shape index (κ2) is 6.72. The minimum absolute atomic E-state index is 0.264. The molecule has 0 amide bonds. The highest BCUT2D eigenvalue weighted by Crippen LogP contribution is 2.19. The number of halogens is 1. The van der Waals surface area contributed by atoms with Gasteiger partial charge in [-0.2, -0.15) is 12.6 Å². The monoisotopic (exact) mass is 228 g/mol. The van der Waals surface area contributed by atoms with E-state index in [-0.39, 0.29) is 5.82 Å². The fraction of sp³-hybridized carbons (Fsp3) is 0.500. The van der Waals surface area contributed by atoms with Gasteiger partial charge in [-0.3, -0.25) is 0 Å². The van der Waals surface area contributed by atoms with E-state index < -0.39 is 0 Å². The molecule has 15 heavy (non-hydrogen) atoms. The predicted octanol–water partition coefficient (Wildman–Crippen LogP) is 3.48. The Balaban J connectivity index is 2.56. The van der Waals surface area contributed by atoms with Crippen LogP contribution in [0, 0.1) is 5.82 Å². The lowest BCUT2D eigenvalue weighted by Gasteiger charge is -2.06. The maximum atomic E-state index is 13.4. The van der Waals surface area contributed by atoms with Gasteiger partial charge in [0, 0.05) is 0 Å². The molecule has 0 fully saturated rings. The molecular formula is C12H17FOS. The van der Waals surface area contributed by atoms with Crippen molar-refractivity contribution in [1.82, 2.24) is 0 Å². The summed E-state index contributed by atoms with van der Waals surface area (Å²) in [5.41, 5.74) is 1.03. The van der Waals surface area contributed by atoms with Gasteiger partial charge >= 0.3 is 0 Å². The van der Waals surface area contributed by atoms with Crippen LogP contribution in [0.5, 0.6) is 5.75 Å². The number of ether oxygens (including phenoxy) is 1. The van der Waals surface area contributed by atoms with Gasteiger partial charge < -0.3 is 4.74 Å². The topological polar surface area (TPSA) is 9.23 Å². The van der Waals surface area contributed by atoms with Crippen molar-refractivity contribution in [2.45, 2.75) is 26.2 Å². The van der Waals surface area contributed by atoms with Crippen LogP contribution in [0.15, 0.2) is 18.2 Å². The first-order valence-corrected chi connectivity index (χ1v) is 5.93. The van der Waals surface area contributed by atoms with Crippen molar-refractivity contribution in [1.29, 1.82) is 0 Å². The van der Waals surface area contributed by atoms with Gasteiger partial charge in [-0.25, -0.2) is 4.39 Å². The van der Waals surface area contributed by atoms with Gasteiger partial charge in [-0.1, -0.05) is 6.07 Å². The first kappa shape index (κ1) is 12.4. The Morgan fingerprint density at radius 1 is 1.33 bits per heavy atom. The van der Waals surface area contributed by atoms with Gasteiger partial charge in [0.2, 0.25) is 0 Å². The van der Waals surface area contributed by atoms with Crippen LogP contribution in [0.2, 0.25) is 0 Å². The quantitative estimate of drug-likeness (QED) is 0.579. The Bertz CT molecular complexity index is 302. The molecule has 1 rings (SSSR count). The van der Waals surface area contributed by atoms with E-state index >= 15 is 0 Å². The summed E-state index contributed by atoms with van der Waals surface area (Å²) in [6.07, 6.45) is 3.03. The Labute approximate surface area is 96.1 Å². The van der Waals surface area contributed by atoms with E-state index in [2.05, 4.69) is 12.6 Å². The summed E-state index contributed by atoms with van der Waals surface area (Å²) in [5, 5.41) is 0. The molecule has 0 radical (unpaired) electrons. The molecule has 0 aliphatic carbocycles. The molecule has 1 nitrogen and oxygen atoms in total. The zero-order chi connectivity index (χ0) is 11.1. The van der Waals surface area contributed by atoms with E-state index in [1.807, 2.05) is 13.0 Å². The predicted molar refractivity (Wildman–Crippen MR) is 64.4 cm³/mol. The minimum Gasteiger partial charge on any atom is -0.491 e. The van der Waals surface area contributed by atoms with E-state index in [1.165, 1.54) is 0 Å². The van der Waals surface area contributed by atoms with Crippen LogP contribution in [0.1, 0.15) is 25.3 Å². The van der Waals surface area contributed by atoms with Crippen LogP contribution in [0.4, 0.5) is 4.39 Å². The summed E-state index contributed by atoms with van der Waals surface area (Å²) < 4.78 is 18.5. The molecule has 84 valence electrons. The van der Waals surface area contributed by atoms with E-state index in [9.17, 15) is 4.39 Å². The van der Waals surface area contributed by atoms with Crippen molar-refractivity contribution >= 4 is 12.6 Å². The van der Waals surface area contributed by atoms with Crippen molar-refractivity contribution in [3.8, 4) is 5.75 Å². The lowest BCUT2D eigenvalue weighted by atomic mass is 10.1. The molecule has 0 aromatic heterocycles. The molecule has 0 spiro atoms. The summed E-state index contributed by atoms with van der Waals surface area (Å²) >= 11 is 4.14. The number of hydrogen-bond donors (Lipinski definition) is 1. The zero-order valence-electron chi connectivity index (χ0n) is 9.00.